The van der Waals surface area contributed by atoms with Crippen molar-refractivity contribution in [3.8, 4) is 0 Å². The van der Waals surface area contributed by atoms with Gasteiger partial charge in [-0.05, 0) is 77.9 Å². The first kappa shape index (κ1) is 18.7. The Hall–Kier alpha value is -2.11. The summed E-state index contributed by atoms with van der Waals surface area (Å²) in [5.74, 6) is 0. The predicted octanol–water partition coefficient (Wildman–Crippen LogP) is 5.18. The molecule has 0 saturated heterocycles. The van der Waals surface area contributed by atoms with Crippen molar-refractivity contribution in [2.24, 2.45) is 0 Å². The highest BCUT2D eigenvalue weighted by Gasteiger charge is 2.31. The standard InChI is InChI=1S/C24H27OP/c1-16-7-17(2)11-22(10-16)26(25,23-12-18(3)8-19(4)13-23)24-14-20(5)9-21(6)15-24/h7-15H,1-6H3. The molecule has 0 N–H and O–H groups in total. The fourth-order valence-corrected chi connectivity index (χ4v) is 7.05. The van der Waals surface area contributed by atoms with E-state index in [2.05, 4.69) is 96.1 Å². The summed E-state index contributed by atoms with van der Waals surface area (Å²) in [5.41, 5.74) is 6.88. The first-order chi connectivity index (χ1) is 12.2. The molecule has 3 aromatic carbocycles. The van der Waals surface area contributed by atoms with Crippen molar-refractivity contribution < 1.29 is 4.57 Å². The van der Waals surface area contributed by atoms with Gasteiger partial charge >= 0.3 is 0 Å². The zero-order valence-electron chi connectivity index (χ0n) is 16.6. The van der Waals surface area contributed by atoms with Crippen LogP contribution in [-0.2, 0) is 4.57 Å². The number of rotatable bonds is 3. The largest absolute Gasteiger partial charge is 0.309 e. The van der Waals surface area contributed by atoms with E-state index >= 15 is 0 Å². The van der Waals surface area contributed by atoms with Gasteiger partial charge < -0.3 is 4.57 Å². The van der Waals surface area contributed by atoms with Gasteiger partial charge in [0.1, 0.15) is 0 Å². The Morgan fingerprint density at radius 3 is 0.808 bits per heavy atom. The normalized spacial score (nSPS) is 11.6. The molecule has 3 aromatic rings. The summed E-state index contributed by atoms with van der Waals surface area (Å²) in [6, 6.07) is 18.9. The van der Waals surface area contributed by atoms with Crippen LogP contribution in [0.1, 0.15) is 33.4 Å². The summed E-state index contributed by atoms with van der Waals surface area (Å²) in [6.45, 7) is 12.4. The maximum atomic E-state index is 14.7. The summed E-state index contributed by atoms with van der Waals surface area (Å²) >= 11 is 0. The van der Waals surface area contributed by atoms with Crippen LogP contribution in [0.15, 0.2) is 54.6 Å². The maximum absolute atomic E-state index is 14.7. The Bertz CT molecular complexity index is 838. The Labute approximate surface area is 157 Å². The molecule has 3 rings (SSSR count). The quantitative estimate of drug-likeness (QED) is 0.587. The molecule has 0 heterocycles. The Morgan fingerprint density at radius 2 is 0.615 bits per heavy atom. The van der Waals surface area contributed by atoms with E-state index in [4.69, 9.17) is 0 Å². The highest BCUT2D eigenvalue weighted by molar-refractivity contribution is 7.85. The second kappa shape index (κ2) is 6.89. The zero-order chi connectivity index (χ0) is 19.1. The molecule has 0 amide bonds. The van der Waals surface area contributed by atoms with Crippen molar-refractivity contribution in [1.82, 2.24) is 0 Å². The molecule has 0 aliphatic carbocycles. The van der Waals surface area contributed by atoms with Crippen molar-refractivity contribution in [3.63, 3.8) is 0 Å². The molecule has 0 fully saturated rings. The van der Waals surface area contributed by atoms with E-state index in [0.29, 0.717) is 0 Å². The molecule has 2 heteroatoms. The topological polar surface area (TPSA) is 17.1 Å². The predicted molar refractivity (Wildman–Crippen MR) is 114 cm³/mol. The van der Waals surface area contributed by atoms with Gasteiger partial charge in [0.15, 0.2) is 7.14 Å². The molecule has 0 unspecified atom stereocenters. The zero-order valence-corrected chi connectivity index (χ0v) is 17.4. The molecule has 0 bridgehead atoms. The van der Waals surface area contributed by atoms with Crippen molar-refractivity contribution in [2.45, 2.75) is 41.5 Å². The van der Waals surface area contributed by atoms with Crippen molar-refractivity contribution >= 4 is 23.1 Å². The Balaban J connectivity index is 2.40. The first-order valence-electron chi connectivity index (χ1n) is 9.05. The second-order valence-electron chi connectivity index (χ2n) is 7.65. The summed E-state index contributed by atoms with van der Waals surface area (Å²) in [4.78, 5) is 0. The first-order valence-corrected chi connectivity index (χ1v) is 10.8. The van der Waals surface area contributed by atoms with Gasteiger partial charge in [-0.15, -0.1) is 0 Å². The van der Waals surface area contributed by atoms with Gasteiger partial charge in [0, 0.05) is 15.9 Å². The van der Waals surface area contributed by atoms with E-state index in [9.17, 15) is 4.57 Å². The molecule has 0 aliphatic rings. The van der Waals surface area contributed by atoms with Gasteiger partial charge in [-0.25, -0.2) is 0 Å². The van der Waals surface area contributed by atoms with Crippen LogP contribution in [0.3, 0.4) is 0 Å². The van der Waals surface area contributed by atoms with Crippen molar-refractivity contribution in [2.75, 3.05) is 0 Å². The number of hydrogen-bond donors (Lipinski definition) is 0. The summed E-state index contributed by atoms with van der Waals surface area (Å²) in [5, 5.41) is 2.76. The van der Waals surface area contributed by atoms with Crippen LogP contribution >= 0.6 is 7.14 Å². The molecule has 0 saturated carbocycles. The number of aryl methyl sites for hydroxylation is 6. The van der Waals surface area contributed by atoms with Gasteiger partial charge in [-0.1, -0.05) is 51.6 Å². The Kier molecular flexibility index (Phi) is 4.95. The molecule has 134 valence electrons. The smallest absolute Gasteiger partial charge is 0.171 e. The van der Waals surface area contributed by atoms with Crippen LogP contribution in [0, 0.1) is 41.5 Å². The maximum Gasteiger partial charge on any atom is 0.171 e. The average molecular weight is 362 g/mol. The lowest BCUT2D eigenvalue weighted by Gasteiger charge is -2.23. The summed E-state index contributed by atoms with van der Waals surface area (Å²) in [7, 11) is -2.94. The highest BCUT2D eigenvalue weighted by Crippen LogP contribution is 2.43. The van der Waals surface area contributed by atoms with Gasteiger partial charge in [0.25, 0.3) is 0 Å². The monoisotopic (exact) mass is 362 g/mol. The number of hydrogen-bond acceptors (Lipinski definition) is 1. The lowest BCUT2D eigenvalue weighted by atomic mass is 10.1. The molecule has 26 heavy (non-hydrogen) atoms. The third kappa shape index (κ3) is 3.55. The van der Waals surface area contributed by atoms with Gasteiger partial charge in [0.05, 0.1) is 0 Å². The lowest BCUT2D eigenvalue weighted by Crippen LogP contribution is -2.26. The summed E-state index contributed by atoms with van der Waals surface area (Å²) in [6.07, 6.45) is 0. The van der Waals surface area contributed by atoms with E-state index in [1.807, 2.05) is 0 Å². The van der Waals surface area contributed by atoms with Crippen LogP contribution in [0.5, 0.6) is 0 Å². The van der Waals surface area contributed by atoms with Crippen molar-refractivity contribution in [3.05, 3.63) is 88.0 Å². The molecule has 0 spiro atoms. The minimum Gasteiger partial charge on any atom is -0.309 e. The van der Waals surface area contributed by atoms with Crippen LogP contribution in [-0.4, -0.2) is 0 Å². The minimum absolute atomic E-state index is 0.921. The van der Waals surface area contributed by atoms with Gasteiger partial charge in [0.2, 0.25) is 0 Å². The van der Waals surface area contributed by atoms with Crippen LogP contribution in [0.4, 0.5) is 0 Å². The highest BCUT2D eigenvalue weighted by atomic mass is 31.2. The molecule has 0 atom stereocenters. The number of benzene rings is 3. The van der Waals surface area contributed by atoms with Gasteiger partial charge in [-0.3, -0.25) is 0 Å². The second-order valence-corrected chi connectivity index (χ2v) is 10.4. The fourth-order valence-electron chi connectivity index (χ4n) is 3.84. The minimum atomic E-state index is -2.94. The fraction of sp³-hybridized carbons (Fsp3) is 0.250. The third-order valence-corrected chi connectivity index (χ3v) is 7.67. The van der Waals surface area contributed by atoms with Gasteiger partial charge in [-0.2, -0.15) is 0 Å². The van der Waals surface area contributed by atoms with Crippen LogP contribution < -0.4 is 15.9 Å². The molecular weight excluding hydrogens is 335 g/mol. The summed E-state index contributed by atoms with van der Waals surface area (Å²) < 4.78 is 14.7. The average Bonchev–Trinajstić information content (AvgIpc) is 2.51. The van der Waals surface area contributed by atoms with Crippen LogP contribution in [0.25, 0.3) is 0 Å². The molecule has 0 aliphatic heterocycles. The molecule has 0 radical (unpaired) electrons. The van der Waals surface area contributed by atoms with E-state index in [1.54, 1.807) is 0 Å². The third-order valence-electron chi connectivity index (χ3n) is 4.71. The molecule has 1 nitrogen and oxygen atoms in total. The van der Waals surface area contributed by atoms with E-state index in [1.165, 1.54) is 0 Å². The van der Waals surface area contributed by atoms with Crippen molar-refractivity contribution in [1.29, 1.82) is 0 Å². The van der Waals surface area contributed by atoms with Crippen LogP contribution in [0.2, 0.25) is 0 Å². The lowest BCUT2D eigenvalue weighted by molar-refractivity contribution is 0.592. The van der Waals surface area contributed by atoms with E-state index < -0.39 is 7.14 Å². The molecule has 0 aromatic heterocycles. The Morgan fingerprint density at radius 1 is 0.423 bits per heavy atom. The van der Waals surface area contributed by atoms with E-state index in [0.717, 1.165) is 49.3 Å². The van der Waals surface area contributed by atoms with E-state index in [-0.39, 0.29) is 0 Å². The molecular formula is C24H27OP. The SMILES string of the molecule is Cc1cc(C)cc(P(=O)(c2cc(C)cc(C)c2)c2cc(C)cc(C)c2)c1.